The molecule has 7 heteroatoms. The van der Waals surface area contributed by atoms with Crippen LogP contribution in [0.3, 0.4) is 0 Å². The van der Waals surface area contributed by atoms with Crippen molar-refractivity contribution in [2.45, 2.75) is 12.7 Å². The third kappa shape index (κ3) is 2.59. The monoisotopic (exact) mass is 293 g/mol. The van der Waals surface area contributed by atoms with Crippen LogP contribution in [-0.2, 0) is 12.7 Å². The number of rotatable bonds is 2. The number of alkyl halides is 3. The van der Waals surface area contributed by atoms with E-state index in [9.17, 15) is 13.2 Å². The van der Waals surface area contributed by atoms with Crippen molar-refractivity contribution in [3.63, 3.8) is 0 Å². The lowest BCUT2D eigenvalue weighted by Crippen LogP contribution is -2.03. The Morgan fingerprint density at radius 1 is 1.14 bits per heavy atom. The van der Waals surface area contributed by atoms with Gasteiger partial charge in [0.1, 0.15) is 5.52 Å². The summed E-state index contributed by atoms with van der Waals surface area (Å²) in [6, 6.07) is 6.55. The summed E-state index contributed by atoms with van der Waals surface area (Å²) in [5, 5.41) is 0. The second-order valence-corrected chi connectivity index (χ2v) is 4.44. The van der Waals surface area contributed by atoms with E-state index in [0.29, 0.717) is 16.8 Å². The van der Waals surface area contributed by atoms with Crippen LogP contribution in [0.5, 0.6) is 0 Å². The Bertz CT molecular complexity index is 796. The van der Waals surface area contributed by atoms with Gasteiger partial charge in [-0.15, -0.1) is 0 Å². The number of oxazole rings is 1. The second-order valence-electron chi connectivity index (χ2n) is 4.44. The van der Waals surface area contributed by atoms with Gasteiger partial charge in [-0.25, -0.2) is 4.98 Å². The predicted molar refractivity (Wildman–Crippen MR) is 70.1 cm³/mol. The maximum Gasteiger partial charge on any atom is 0.416 e. The molecule has 0 unspecified atom stereocenters. The molecule has 0 aliphatic carbocycles. The number of hydrogen-bond donors (Lipinski definition) is 1. The van der Waals surface area contributed by atoms with Crippen LogP contribution in [0.1, 0.15) is 11.3 Å². The van der Waals surface area contributed by atoms with Crippen molar-refractivity contribution in [2.24, 2.45) is 5.73 Å². The molecular formula is C14H10F3N3O. The Morgan fingerprint density at radius 3 is 2.67 bits per heavy atom. The van der Waals surface area contributed by atoms with E-state index in [1.54, 1.807) is 18.3 Å². The maximum absolute atomic E-state index is 12.7. The van der Waals surface area contributed by atoms with E-state index in [-0.39, 0.29) is 18.0 Å². The largest absolute Gasteiger partial charge is 0.436 e. The number of halogens is 3. The van der Waals surface area contributed by atoms with Gasteiger partial charge in [0.2, 0.25) is 5.89 Å². The minimum Gasteiger partial charge on any atom is -0.436 e. The number of pyridine rings is 1. The van der Waals surface area contributed by atoms with Crippen molar-refractivity contribution in [2.75, 3.05) is 0 Å². The fourth-order valence-electron chi connectivity index (χ4n) is 1.95. The van der Waals surface area contributed by atoms with E-state index in [1.165, 1.54) is 6.07 Å². The number of fused-ring (bicyclic) bond motifs is 1. The SMILES string of the molecule is NCc1cc(-c2nc3cc(C(F)(F)F)ccc3o2)ccn1. The van der Waals surface area contributed by atoms with Crippen LogP contribution in [0.15, 0.2) is 40.9 Å². The summed E-state index contributed by atoms with van der Waals surface area (Å²) >= 11 is 0. The van der Waals surface area contributed by atoms with Gasteiger partial charge in [0, 0.05) is 18.3 Å². The van der Waals surface area contributed by atoms with E-state index < -0.39 is 11.7 Å². The lowest BCUT2D eigenvalue weighted by atomic mass is 10.2. The molecule has 2 aromatic heterocycles. The third-order valence-electron chi connectivity index (χ3n) is 2.99. The zero-order valence-electron chi connectivity index (χ0n) is 10.7. The van der Waals surface area contributed by atoms with E-state index in [4.69, 9.17) is 10.2 Å². The maximum atomic E-state index is 12.7. The number of nitrogens with two attached hydrogens (primary N) is 1. The van der Waals surface area contributed by atoms with Gasteiger partial charge < -0.3 is 10.2 Å². The Kier molecular flexibility index (Phi) is 3.13. The molecule has 1 aromatic carbocycles. The molecule has 0 spiro atoms. The topological polar surface area (TPSA) is 64.9 Å². The molecule has 4 nitrogen and oxygen atoms in total. The fraction of sp³-hybridized carbons (Fsp3) is 0.143. The normalized spacial score (nSPS) is 12.0. The molecule has 0 fully saturated rings. The first-order chi connectivity index (χ1) is 9.97. The number of nitrogens with zero attached hydrogens (tertiary/aromatic N) is 2. The highest BCUT2D eigenvalue weighted by molar-refractivity contribution is 5.77. The molecule has 0 aliphatic rings. The standard InChI is InChI=1S/C14H10F3N3O/c15-14(16,17)9-1-2-12-11(6-9)20-13(21-12)8-3-4-19-10(5-8)7-18/h1-6H,7,18H2. The third-order valence-corrected chi connectivity index (χ3v) is 2.99. The quantitative estimate of drug-likeness (QED) is 0.786. The van der Waals surface area contributed by atoms with Gasteiger partial charge >= 0.3 is 6.18 Å². The molecule has 0 saturated carbocycles. The van der Waals surface area contributed by atoms with Crippen molar-refractivity contribution in [1.29, 1.82) is 0 Å². The summed E-state index contributed by atoms with van der Waals surface area (Å²) in [7, 11) is 0. The Balaban J connectivity index is 2.08. The van der Waals surface area contributed by atoms with Gasteiger partial charge in [-0.3, -0.25) is 4.98 Å². The highest BCUT2D eigenvalue weighted by Gasteiger charge is 2.31. The summed E-state index contributed by atoms with van der Waals surface area (Å²) in [4.78, 5) is 8.14. The first kappa shape index (κ1) is 13.6. The van der Waals surface area contributed by atoms with Gasteiger partial charge in [-0.2, -0.15) is 13.2 Å². The Labute approximate surface area is 117 Å². The lowest BCUT2D eigenvalue weighted by Gasteiger charge is -2.04. The zero-order chi connectivity index (χ0) is 15.0. The van der Waals surface area contributed by atoms with Crippen molar-refractivity contribution in [3.05, 3.63) is 47.8 Å². The summed E-state index contributed by atoms with van der Waals surface area (Å²) in [6.07, 6.45) is -2.86. The minimum atomic E-state index is -4.41. The smallest absolute Gasteiger partial charge is 0.416 e. The van der Waals surface area contributed by atoms with Gasteiger partial charge in [-0.1, -0.05) is 0 Å². The molecule has 0 radical (unpaired) electrons. The van der Waals surface area contributed by atoms with Gasteiger partial charge in [0.25, 0.3) is 0 Å². The highest BCUT2D eigenvalue weighted by atomic mass is 19.4. The van der Waals surface area contributed by atoms with Crippen LogP contribution >= 0.6 is 0 Å². The van der Waals surface area contributed by atoms with Crippen LogP contribution in [0.25, 0.3) is 22.6 Å². The molecule has 2 heterocycles. The Morgan fingerprint density at radius 2 is 1.95 bits per heavy atom. The van der Waals surface area contributed by atoms with E-state index in [0.717, 1.165) is 12.1 Å². The first-order valence-electron chi connectivity index (χ1n) is 6.10. The molecule has 3 rings (SSSR count). The molecule has 108 valence electrons. The number of hydrogen-bond acceptors (Lipinski definition) is 4. The average molecular weight is 293 g/mol. The van der Waals surface area contributed by atoms with Crippen molar-refractivity contribution >= 4 is 11.1 Å². The fourth-order valence-corrected chi connectivity index (χ4v) is 1.95. The number of benzene rings is 1. The molecule has 3 aromatic rings. The molecular weight excluding hydrogens is 283 g/mol. The van der Waals surface area contributed by atoms with Crippen LogP contribution in [0.4, 0.5) is 13.2 Å². The average Bonchev–Trinajstić information content (AvgIpc) is 2.89. The van der Waals surface area contributed by atoms with Crippen LogP contribution in [-0.4, -0.2) is 9.97 Å². The van der Waals surface area contributed by atoms with Crippen LogP contribution < -0.4 is 5.73 Å². The Hall–Kier alpha value is -2.41. The summed E-state index contributed by atoms with van der Waals surface area (Å²) in [5.41, 5.74) is 6.46. The summed E-state index contributed by atoms with van der Waals surface area (Å²) < 4.78 is 43.5. The molecule has 0 amide bonds. The molecule has 0 aliphatic heterocycles. The molecule has 2 N–H and O–H groups in total. The van der Waals surface area contributed by atoms with E-state index >= 15 is 0 Å². The zero-order valence-corrected chi connectivity index (χ0v) is 10.7. The van der Waals surface area contributed by atoms with Gasteiger partial charge in [0.15, 0.2) is 5.58 Å². The summed E-state index contributed by atoms with van der Waals surface area (Å²) in [5.74, 6) is 0.237. The number of aromatic nitrogens is 2. The molecule has 0 bridgehead atoms. The molecule has 0 saturated heterocycles. The minimum absolute atomic E-state index is 0.158. The van der Waals surface area contributed by atoms with Gasteiger partial charge in [0.05, 0.1) is 11.3 Å². The van der Waals surface area contributed by atoms with E-state index in [2.05, 4.69) is 9.97 Å². The lowest BCUT2D eigenvalue weighted by molar-refractivity contribution is -0.137. The van der Waals surface area contributed by atoms with Crippen molar-refractivity contribution in [3.8, 4) is 11.5 Å². The first-order valence-corrected chi connectivity index (χ1v) is 6.10. The van der Waals surface area contributed by atoms with Crippen LogP contribution in [0, 0.1) is 0 Å². The van der Waals surface area contributed by atoms with Gasteiger partial charge in [-0.05, 0) is 30.3 Å². The highest BCUT2D eigenvalue weighted by Crippen LogP contribution is 2.32. The second kappa shape index (κ2) is 4.85. The summed E-state index contributed by atoms with van der Waals surface area (Å²) in [6.45, 7) is 0.256. The molecule has 21 heavy (non-hydrogen) atoms. The van der Waals surface area contributed by atoms with E-state index in [1.807, 2.05) is 0 Å². The molecule has 0 atom stereocenters. The van der Waals surface area contributed by atoms with Crippen molar-refractivity contribution in [1.82, 2.24) is 9.97 Å². The predicted octanol–water partition coefficient (Wildman–Crippen LogP) is 3.37. The van der Waals surface area contributed by atoms with Crippen LogP contribution in [0.2, 0.25) is 0 Å². The van der Waals surface area contributed by atoms with Crippen molar-refractivity contribution < 1.29 is 17.6 Å².